The maximum atomic E-state index is 12.7. The number of carboxylic acid groups (broad SMARTS) is 1. The van der Waals surface area contributed by atoms with E-state index in [1.807, 2.05) is 18.3 Å². The first-order valence-electron chi connectivity index (χ1n) is 9.74. The molecule has 0 aliphatic carbocycles. The molecule has 1 aliphatic rings. The Morgan fingerprint density at radius 3 is 2.86 bits per heavy atom. The lowest BCUT2D eigenvalue weighted by Crippen LogP contribution is -2.58. The molecule has 156 valence electrons. The van der Waals surface area contributed by atoms with Crippen molar-refractivity contribution in [3.05, 3.63) is 48.3 Å². The summed E-state index contributed by atoms with van der Waals surface area (Å²) in [6, 6.07) is 8.97. The Kier molecular flexibility index (Phi) is 6.53. The monoisotopic (exact) mass is 401 g/mol. The summed E-state index contributed by atoms with van der Waals surface area (Å²) in [4.78, 5) is 26.5. The predicted molar refractivity (Wildman–Crippen MR) is 105 cm³/mol. The van der Waals surface area contributed by atoms with Gasteiger partial charge in [0.25, 0.3) is 0 Å². The molecule has 2 atom stereocenters. The number of ether oxygens (including phenoxy) is 1. The Morgan fingerprint density at radius 1 is 1.34 bits per heavy atom. The highest BCUT2D eigenvalue weighted by atomic mass is 16.5. The van der Waals surface area contributed by atoms with Gasteiger partial charge in [0.1, 0.15) is 11.2 Å². The highest BCUT2D eigenvalue weighted by Crippen LogP contribution is 2.35. The van der Waals surface area contributed by atoms with Crippen molar-refractivity contribution >= 4 is 11.9 Å². The second kappa shape index (κ2) is 9.09. The van der Waals surface area contributed by atoms with Crippen LogP contribution in [0, 0.1) is 5.41 Å². The van der Waals surface area contributed by atoms with Crippen LogP contribution in [0.25, 0.3) is 0 Å². The van der Waals surface area contributed by atoms with E-state index in [4.69, 9.17) is 4.74 Å². The molecule has 2 heterocycles. The van der Waals surface area contributed by atoms with Crippen LogP contribution in [0.2, 0.25) is 0 Å². The third-order valence-electron chi connectivity index (χ3n) is 5.55. The number of methoxy groups -OCH3 is 1. The Morgan fingerprint density at radius 2 is 2.17 bits per heavy atom. The van der Waals surface area contributed by atoms with Gasteiger partial charge in [-0.2, -0.15) is 5.10 Å². The van der Waals surface area contributed by atoms with Crippen molar-refractivity contribution in [3.8, 4) is 5.75 Å². The van der Waals surface area contributed by atoms with Gasteiger partial charge < -0.3 is 19.8 Å². The van der Waals surface area contributed by atoms with Gasteiger partial charge in [-0.1, -0.05) is 12.1 Å². The molecule has 0 saturated carbocycles. The number of aliphatic carboxylic acids is 1. The van der Waals surface area contributed by atoms with E-state index in [2.05, 4.69) is 5.10 Å². The van der Waals surface area contributed by atoms with Gasteiger partial charge in [-0.15, -0.1) is 0 Å². The third-order valence-corrected chi connectivity index (χ3v) is 5.55. The van der Waals surface area contributed by atoms with Gasteiger partial charge in [-0.3, -0.25) is 14.3 Å². The minimum atomic E-state index is -1.44. The van der Waals surface area contributed by atoms with Crippen molar-refractivity contribution in [1.82, 2.24) is 14.7 Å². The minimum absolute atomic E-state index is 0.0126. The van der Waals surface area contributed by atoms with E-state index in [0.717, 1.165) is 5.56 Å². The smallest absolute Gasteiger partial charge is 0.314 e. The quantitative estimate of drug-likeness (QED) is 0.696. The number of aliphatic hydroxyl groups excluding tert-OH is 1. The highest BCUT2D eigenvalue weighted by molar-refractivity contribution is 5.80. The Bertz CT molecular complexity index is 839. The zero-order valence-corrected chi connectivity index (χ0v) is 16.5. The number of aryl methyl sites for hydroxylation is 1. The number of likely N-dealkylation sites (tertiary alicyclic amines) is 1. The number of carbonyl (C=O) groups is 2. The first-order chi connectivity index (χ1) is 13.9. The van der Waals surface area contributed by atoms with Crippen molar-refractivity contribution < 1.29 is 24.5 Å². The lowest BCUT2D eigenvalue weighted by atomic mass is 9.72. The number of piperidine rings is 1. The molecule has 1 aromatic heterocycles. The maximum Gasteiger partial charge on any atom is 0.314 e. The Hall–Kier alpha value is -2.87. The second-order valence-electron chi connectivity index (χ2n) is 7.48. The second-order valence-corrected chi connectivity index (χ2v) is 7.48. The molecule has 0 unspecified atom stereocenters. The lowest BCUT2D eigenvalue weighted by Gasteiger charge is -2.43. The summed E-state index contributed by atoms with van der Waals surface area (Å²) in [7, 11) is 1.55. The summed E-state index contributed by atoms with van der Waals surface area (Å²) in [6.45, 7) is 0.972. The van der Waals surface area contributed by atoms with Crippen molar-refractivity contribution in [3.63, 3.8) is 0 Å². The van der Waals surface area contributed by atoms with E-state index >= 15 is 0 Å². The number of hydrogen-bond donors (Lipinski definition) is 2. The van der Waals surface area contributed by atoms with Gasteiger partial charge in [0.2, 0.25) is 5.91 Å². The maximum absolute atomic E-state index is 12.7. The van der Waals surface area contributed by atoms with E-state index in [9.17, 15) is 19.8 Å². The zero-order chi connectivity index (χ0) is 20.9. The van der Waals surface area contributed by atoms with Crippen LogP contribution in [-0.4, -0.2) is 63.1 Å². The van der Waals surface area contributed by atoms with E-state index < -0.39 is 17.5 Å². The molecule has 1 aliphatic heterocycles. The summed E-state index contributed by atoms with van der Waals surface area (Å²) < 4.78 is 6.98. The molecule has 1 saturated heterocycles. The molecule has 29 heavy (non-hydrogen) atoms. The first kappa shape index (κ1) is 20.9. The van der Waals surface area contributed by atoms with Crippen molar-refractivity contribution in [1.29, 1.82) is 0 Å². The summed E-state index contributed by atoms with van der Waals surface area (Å²) in [5.74, 6) is -0.568. The molecule has 0 radical (unpaired) electrons. The van der Waals surface area contributed by atoms with Crippen LogP contribution in [0.5, 0.6) is 5.75 Å². The number of nitrogens with zero attached hydrogens (tertiary/aromatic N) is 3. The molecule has 1 aromatic carbocycles. The van der Waals surface area contributed by atoms with Crippen molar-refractivity contribution in [2.24, 2.45) is 5.41 Å². The molecule has 2 aromatic rings. The number of aromatic nitrogens is 2. The predicted octanol–water partition coefficient (Wildman–Crippen LogP) is 1.58. The number of carbonyl (C=O) groups excluding carboxylic acids is 1. The van der Waals surface area contributed by atoms with Crippen molar-refractivity contribution in [2.75, 3.05) is 20.2 Å². The van der Waals surface area contributed by atoms with Crippen LogP contribution in [-0.2, 0) is 22.6 Å². The molecule has 0 bridgehead atoms. The fourth-order valence-corrected chi connectivity index (χ4v) is 3.88. The number of amides is 1. The summed E-state index contributed by atoms with van der Waals surface area (Å²) in [5, 5.41) is 24.7. The van der Waals surface area contributed by atoms with E-state index in [0.29, 0.717) is 31.7 Å². The lowest BCUT2D eigenvalue weighted by molar-refractivity contribution is -0.165. The molecule has 8 nitrogen and oxygen atoms in total. The standard InChI is InChI=1S/C21H27N3O5/c1-29-17-6-2-5-16(13-17)14-21(20(27)28)15-23(12-8-18(21)25)19(26)7-3-10-24-11-4-9-22-24/h2,4-6,9,11,13,18,25H,3,7-8,10,12,14-15H2,1H3,(H,27,28)/t18-,21+/m0/s1. The Balaban J connectivity index is 1.70. The molecule has 1 amide bonds. The number of aliphatic hydroxyl groups is 1. The van der Waals surface area contributed by atoms with Crippen LogP contribution >= 0.6 is 0 Å². The summed E-state index contributed by atoms with van der Waals surface area (Å²) in [6.07, 6.45) is 3.79. The van der Waals surface area contributed by atoms with Gasteiger partial charge in [-0.25, -0.2) is 0 Å². The van der Waals surface area contributed by atoms with Gasteiger partial charge in [0.15, 0.2) is 0 Å². The van der Waals surface area contributed by atoms with Crippen LogP contribution < -0.4 is 4.74 Å². The molecule has 0 spiro atoms. The first-order valence-corrected chi connectivity index (χ1v) is 9.74. The number of carboxylic acids is 1. The molecule has 2 N–H and O–H groups in total. The Labute approximate surface area is 169 Å². The fourth-order valence-electron chi connectivity index (χ4n) is 3.88. The van der Waals surface area contributed by atoms with E-state index in [1.165, 1.54) is 0 Å². The number of hydrogen-bond acceptors (Lipinski definition) is 5. The van der Waals surface area contributed by atoms with E-state index in [-0.39, 0.29) is 25.3 Å². The van der Waals surface area contributed by atoms with Crippen LogP contribution in [0.1, 0.15) is 24.8 Å². The van der Waals surface area contributed by atoms with Gasteiger partial charge in [-0.05, 0) is 43.0 Å². The van der Waals surface area contributed by atoms with Crippen molar-refractivity contribution in [2.45, 2.75) is 38.3 Å². The average Bonchev–Trinajstić information content (AvgIpc) is 3.23. The summed E-state index contributed by atoms with van der Waals surface area (Å²) in [5.41, 5.74) is -0.693. The summed E-state index contributed by atoms with van der Waals surface area (Å²) >= 11 is 0. The molecule has 3 rings (SSSR count). The van der Waals surface area contributed by atoms with Crippen LogP contribution in [0.4, 0.5) is 0 Å². The van der Waals surface area contributed by atoms with Crippen LogP contribution in [0.3, 0.4) is 0 Å². The van der Waals surface area contributed by atoms with Gasteiger partial charge in [0, 0.05) is 38.4 Å². The third kappa shape index (κ3) is 4.76. The average molecular weight is 401 g/mol. The van der Waals surface area contributed by atoms with Crippen LogP contribution in [0.15, 0.2) is 42.7 Å². The topological polar surface area (TPSA) is 105 Å². The molecule has 1 fully saturated rings. The normalized spacial score (nSPS) is 21.7. The van der Waals surface area contributed by atoms with Gasteiger partial charge >= 0.3 is 5.97 Å². The highest BCUT2D eigenvalue weighted by Gasteiger charge is 2.50. The minimum Gasteiger partial charge on any atom is -0.497 e. The zero-order valence-electron chi connectivity index (χ0n) is 16.5. The molecule has 8 heteroatoms. The largest absolute Gasteiger partial charge is 0.497 e. The number of benzene rings is 1. The molecular formula is C21H27N3O5. The SMILES string of the molecule is COc1cccc(C[C@@]2(C(=O)O)CN(C(=O)CCCn3cccn3)CC[C@@H]2O)c1. The van der Waals surface area contributed by atoms with Gasteiger partial charge in [0.05, 0.1) is 13.2 Å². The van der Waals surface area contributed by atoms with E-state index in [1.54, 1.807) is 41.1 Å². The molecular weight excluding hydrogens is 374 g/mol. The number of rotatable bonds is 8. The fraction of sp³-hybridized carbons (Fsp3) is 0.476.